The number of hydrogen-bond donors (Lipinski definition) is 1. The van der Waals surface area contributed by atoms with Crippen LogP contribution in [0, 0.1) is 6.92 Å². The number of carbonyl (C=O) groups excluding carboxylic acids is 1. The maximum atomic E-state index is 12.2. The highest BCUT2D eigenvalue weighted by Gasteiger charge is 2.21. The van der Waals surface area contributed by atoms with Gasteiger partial charge in [-0.3, -0.25) is 9.69 Å². The summed E-state index contributed by atoms with van der Waals surface area (Å²) in [4.78, 5) is 18.4. The first-order valence-electron chi connectivity index (χ1n) is 7.69. The third-order valence-corrected chi connectivity index (χ3v) is 5.41. The maximum absolute atomic E-state index is 12.2. The second-order valence-electron chi connectivity index (χ2n) is 5.34. The van der Waals surface area contributed by atoms with Gasteiger partial charge in [-0.05, 0) is 19.1 Å². The molecule has 0 aliphatic rings. The fourth-order valence-corrected chi connectivity index (χ4v) is 4.05. The van der Waals surface area contributed by atoms with E-state index in [4.69, 9.17) is 10.6 Å². The molecule has 0 atom stereocenters. The lowest BCUT2D eigenvalue weighted by molar-refractivity contribution is -0.115. The summed E-state index contributed by atoms with van der Waals surface area (Å²) < 4.78 is 6.81. The highest BCUT2D eigenvalue weighted by Crippen LogP contribution is 2.36. The highest BCUT2D eigenvalue weighted by molar-refractivity contribution is 7.98. The molecule has 136 valence electrons. The van der Waals surface area contributed by atoms with Gasteiger partial charge >= 0.3 is 0 Å². The molecule has 0 saturated carbocycles. The standard InChI is InChI=1S/C16H18N6O2S2/c1-10-19-20-16(22(10)17)26-9-12-8-25-15(18-12)21(11(2)23)13-6-4-5-7-14(13)24-3/h4-8H,9,17H2,1-3H3. The molecule has 8 nitrogen and oxygen atoms in total. The summed E-state index contributed by atoms with van der Waals surface area (Å²) in [5, 5.41) is 11.1. The van der Waals surface area contributed by atoms with Crippen molar-refractivity contribution in [2.45, 2.75) is 24.8 Å². The van der Waals surface area contributed by atoms with E-state index in [0.717, 1.165) is 5.69 Å². The van der Waals surface area contributed by atoms with Gasteiger partial charge in [0.15, 0.2) is 5.13 Å². The number of thioether (sulfide) groups is 1. The number of methoxy groups -OCH3 is 1. The predicted octanol–water partition coefficient (Wildman–Crippen LogP) is 2.74. The molecule has 0 saturated heterocycles. The van der Waals surface area contributed by atoms with Crippen LogP contribution in [-0.4, -0.2) is 32.9 Å². The zero-order chi connectivity index (χ0) is 18.7. The van der Waals surface area contributed by atoms with Gasteiger partial charge < -0.3 is 10.6 Å². The summed E-state index contributed by atoms with van der Waals surface area (Å²) in [6.45, 7) is 3.29. The van der Waals surface area contributed by atoms with Gasteiger partial charge in [0.25, 0.3) is 0 Å². The quantitative estimate of drug-likeness (QED) is 0.510. The van der Waals surface area contributed by atoms with Crippen LogP contribution in [0.5, 0.6) is 5.75 Å². The number of para-hydroxylation sites is 2. The number of benzene rings is 1. The van der Waals surface area contributed by atoms with Crippen molar-refractivity contribution < 1.29 is 9.53 Å². The minimum absolute atomic E-state index is 0.139. The van der Waals surface area contributed by atoms with E-state index >= 15 is 0 Å². The lowest BCUT2D eigenvalue weighted by Crippen LogP contribution is -2.23. The Bertz CT molecular complexity index is 923. The molecule has 0 unspecified atom stereocenters. The number of thiazole rings is 1. The Labute approximate surface area is 159 Å². The van der Waals surface area contributed by atoms with Crippen molar-refractivity contribution >= 4 is 39.8 Å². The second kappa shape index (κ2) is 7.75. The lowest BCUT2D eigenvalue weighted by atomic mass is 10.2. The second-order valence-corrected chi connectivity index (χ2v) is 7.12. The van der Waals surface area contributed by atoms with Crippen LogP contribution in [0.15, 0.2) is 34.8 Å². The van der Waals surface area contributed by atoms with Crippen LogP contribution >= 0.6 is 23.1 Å². The minimum atomic E-state index is -0.139. The van der Waals surface area contributed by atoms with Crippen molar-refractivity contribution in [3.8, 4) is 5.75 Å². The van der Waals surface area contributed by atoms with Gasteiger partial charge in [0.1, 0.15) is 11.6 Å². The number of nitrogens with two attached hydrogens (primary N) is 1. The van der Waals surface area contributed by atoms with Gasteiger partial charge in [0.05, 0.1) is 18.5 Å². The van der Waals surface area contributed by atoms with Crippen molar-refractivity contribution in [1.29, 1.82) is 0 Å². The molecule has 2 N–H and O–H groups in total. The molecule has 0 radical (unpaired) electrons. The molecule has 26 heavy (non-hydrogen) atoms. The van der Waals surface area contributed by atoms with Crippen LogP contribution in [0.1, 0.15) is 18.4 Å². The summed E-state index contributed by atoms with van der Waals surface area (Å²) >= 11 is 2.83. The van der Waals surface area contributed by atoms with Crippen molar-refractivity contribution in [1.82, 2.24) is 19.9 Å². The molecule has 0 aliphatic carbocycles. The normalized spacial score (nSPS) is 10.7. The topological polar surface area (TPSA) is 99.2 Å². The number of carbonyl (C=O) groups is 1. The van der Waals surface area contributed by atoms with E-state index in [0.29, 0.717) is 33.3 Å². The predicted molar refractivity (Wildman–Crippen MR) is 102 cm³/mol. The molecule has 3 aromatic rings. The van der Waals surface area contributed by atoms with Crippen molar-refractivity contribution in [3.63, 3.8) is 0 Å². The number of aryl methyl sites for hydroxylation is 1. The first-order valence-corrected chi connectivity index (χ1v) is 9.55. The van der Waals surface area contributed by atoms with Gasteiger partial charge in [0, 0.05) is 18.1 Å². The fourth-order valence-electron chi connectivity index (χ4n) is 2.27. The van der Waals surface area contributed by atoms with Gasteiger partial charge in [-0.25, -0.2) is 9.66 Å². The van der Waals surface area contributed by atoms with Crippen molar-refractivity contribution in [2.75, 3.05) is 17.9 Å². The van der Waals surface area contributed by atoms with E-state index in [2.05, 4.69) is 15.2 Å². The number of aromatic nitrogens is 4. The van der Waals surface area contributed by atoms with E-state index in [1.54, 1.807) is 18.9 Å². The Kier molecular flexibility index (Phi) is 5.43. The zero-order valence-corrected chi connectivity index (χ0v) is 16.2. The molecule has 10 heteroatoms. The SMILES string of the molecule is COc1ccccc1N(C(C)=O)c1nc(CSc2nnc(C)n2N)cs1. The number of anilines is 2. The van der Waals surface area contributed by atoms with Gasteiger partial charge in [0.2, 0.25) is 11.1 Å². The first kappa shape index (κ1) is 18.2. The fraction of sp³-hybridized carbons (Fsp3) is 0.250. The van der Waals surface area contributed by atoms with E-state index < -0.39 is 0 Å². The maximum Gasteiger partial charge on any atom is 0.230 e. The van der Waals surface area contributed by atoms with E-state index in [1.807, 2.05) is 29.6 Å². The Morgan fingerprint density at radius 2 is 2.15 bits per heavy atom. The molecular weight excluding hydrogens is 372 g/mol. The third kappa shape index (κ3) is 3.65. The number of rotatable bonds is 6. The monoisotopic (exact) mass is 390 g/mol. The minimum Gasteiger partial charge on any atom is -0.495 e. The van der Waals surface area contributed by atoms with Crippen LogP contribution in [0.2, 0.25) is 0 Å². The third-order valence-electron chi connectivity index (χ3n) is 3.56. The average molecular weight is 390 g/mol. The largest absolute Gasteiger partial charge is 0.495 e. The molecule has 3 rings (SSSR count). The molecule has 1 amide bonds. The lowest BCUT2D eigenvalue weighted by Gasteiger charge is -2.20. The Balaban J connectivity index is 1.82. The Morgan fingerprint density at radius 3 is 2.81 bits per heavy atom. The zero-order valence-electron chi connectivity index (χ0n) is 14.5. The first-order chi connectivity index (χ1) is 12.5. The van der Waals surface area contributed by atoms with Crippen LogP contribution in [0.25, 0.3) is 0 Å². The smallest absolute Gasteiger partial charge is 0.230 e. The molecule has 2 heterocycles. The van der Waals surface area contributed by atoms with Gasteiger partial charge in [-0.2, -0.15) is 0 Å². The van der Waals surface area contributed by atoms with Crippen LogP contribution in [0.4, 0.5) is 10.8 Å². The molecular formula is C16H18N6O2S2. The van der Waals surface area contributed by atoms with Crippen molar-refractivity contribution in [2.24, 2.45) is 0 Å². The van der Waals surface area contributed by atoms with Gasteiger partial charge in [-0.1, -0.05) is 23.9 Å². The summed E-state index contributed by atoms with van der Waals surface area (Å²) in [6, 6.07) is 7.35. The highest BCUT2D eigenvalue weighted by atomic mass is 32.2. The number of hydrogen-bond acceptors (Lipinski definition) is 8. The summed E-state index contributed by atoms with van der Waals surface area (Å²) in [5.74, 6) is 7.54. The molecule has 0 bridgehead atoms. The van der Waals surface area contributed by atoms with Crippen LogP contribution in [-0.2, 0) is 10.5 Å². The summed E-state index contributed by atoms with van der Waals surface area (Å²) in [7, 11) is 1.58. The molecule has 0 fully saturated rings. The Morgan fingerprint density at radius 1 is 1.38 bits per heavy atom. The number of nitrogen functional groups attached to an aromatic ring is 1. The summed E-state index contributed by atoms with van der Waals surface area (Å²) in [5.41, 5.74) is 1.49. The van der Waals surface area contributed by atoms with E-state index in [1.165, 1.54) is 34.7 Å². The molecule has 2 aromatic heterocycles. The molecule has 1 aromatic carbocycles. The number of nitrogens with zero attached hydrogens (tertiary/aromatic N) is 5. The van der Waals surface area contributed by atoms with Crippen LogP contribution in [0.3, 0.4) is 0 Å². The van der Waals surface area contributed by atoms with E-state index in [9.17, 15) is 4.79 Å². The number of amides is 1. The van der Waals surface area contributed by atoms with Crippen molar-refractivity contribution in [3.05, 3.63) is 41.2 Å². The molecule has 0 spiro atoms. The average Bonchev–Trinajstić information content (AvgIpc) is 3.21. The molecule has 0 aliphatic heterocycles. The van der Waals surface area contributed by atoms with Gasteiger partial charge in [-0.15, -0.1) is 21.5 Å². The number of ether oxygens (including phenoxy) is 1. The van der Waals surface area contributed by atoms with Crippen LogP contribution < -0.4 is 15.5 Å². The van der Waals surface area contributed by atoms with E-state index in [-0.39, 0.29) is 5.91 Å². The Hall–Kier alpha value is -2.59. The summed E-state index contributed by atoms with van der Waals surface area (Å²) in [6.07, 6.45) is 0.